The van der Waals surface area contributed by atoms with Crippen LogP contribution in [0.4, 0.5) is 0 Å². The summed E-state index contributed by atoms with van der Waals surface area (Å²) >= 11 is 0. The largest absolute Gasteiger partial charge is 0.281 e. The van der Waals surface area contributed by atoms with E-state index in [0.717, 1.165) is 39.0 Å². The SMILES string of the molecule is CC(C)(C)c1ccc2c(c1)nc(C(C)(C)C)c1c2nc2cc(C(C)(C)C)ncn21. The Balaban J connectivity index is 2.15. The van der Waals surface area contributed by atoms with Gasteiger partial charge in [0.1, 0.15) is 17.5 Å². The van der Waals surface area contributed by atoms with Gasteiger partial charge in [-0.3, -0.25) is 4.40 Å². The number of benzene rings is 1. The van der Waals surface area contributed by atoms with Gasteiger partial charge in [0, 0.05) is 22.3 Å². The predicted molar refractivity (Wildman–Crippen MR) is 122 cm³/mol. The Hall–Kier alpha value is -2.49. The summed E-state index contributed by atoms with van der Waals surface area (Å²) in [6.07, 6.45) is 1.91. The van der Waals surface area contributed by atoms with E-state index in [0.29, 0.717) is 0 Å². The molecule has 1 aromatic carbocycles. The highest BCUT2D eigenvalue weighted by Crippen LogP contribution is 2.35. The number of fused-ring (bicyclic) bond motifs is 5. The van der Waals surface area contributed by atoms with E-state index in [9.17, 15) is 0 Å². The normalized spacial score (nSPS) is 13.7. The fraction of sp³-hybridized carbons (Fsp3) is 0.480. The summed E-state index contributed by atoms with van der Waals surface area (Å²) in [5.41, 5.74) is 7.37. The summed E-state index contributed by atoms with van der Waals surface area (Å²) in [4.78, 5) is 15.0. The average Bonchev–Trinajstić information content (AvgIpc) is 2.96. The Morgan fingerprint density at radius 3 is 2.03 bits per heavy atom. The van der Waals surface area contributed by atoms with Crippen LogP contribution in [-0.2, 0) is 16.2 Å². The minimum absolute atomic E-state index is 0.0192. The Kier molecular flexibility index (Phi) is 4.10. The number of rotatable bonds is 0. The molecule has 0 atom stereocenters. The highest BCUT2D eigenvalue weighted by Gasteiger charge is 2.26. The molecular formula is C25H32N4. The van der Waals surface area contributed by atoms with Gasteiger partial charge in [-0.2, -0.15) is 0 Å². The van der Waals surface area contributed by atoms with Crippen molar-refractivity contribution in [1.29, 1.82) is 0 Å². The molecule has 0 aliphatic heterocycles. The molecular weight excluding hydrogens is 356 g/mol. The molecule has 0 spiro atoms. The fourth-order valence-corrected chi connectivity index (χ4v) is 3.76. The Morgan fingerprint density at radius 2 is 1.45 bits per heavy atom. The monoisotopic (exact) mass is 388 g/mol. The van der Waals surface area contributed by atoms with Gasteiger partial charge in [-0.1, -0.05) is 74.4 Å². The van der Waals surface area contributed by atoms with Crippen LogP contribution in [0.3, 0.4) is 0 Å². The fourth-order valence-electron chi connectivity index (χ4n) is 3.76. The zero-order valence-corrected chi connectivity index (χ0v) is 19.2. The van der Waals surface area contributed by atoms with Crippen molar-refractivity contribution in [2.45, 2.75) is 78.6 Å². The van der Waals surface area contributed by atoms with Crippen molar-refractivity contribution in [3.05, 3.63) is 47.5 Å². The quantitative estimate of drug-likeness (QED) is 0.354. The third kappa shape index (κ3) is 3.29. The second-order valence-electron chi connectivity index (χ2n) is 11.3. The van der Waals surface area contributed by atoms with Gasteiger partial charge in [0.05, 0.1) is 22.4 Å². The molecule has 0 bridgehead atoms. The van der Waals surface area contributed by atoms with Crippen LogP contribution in [0.5, 0.6) is 0 Å². The molecule has 4 nitrogen and oxygen atoms in total. The van der Waals surface area contributed by atoms with E-state index in [2.05, 4.69) is 91.0 Å². The first-order chi connectivity index (χ1) is 13.3. The Morgan fingerprint density at radius 1 is 0.759 bits per heavy atom. The van der Waals surface area contributed by atoms with Gasteiger partial charge in [0.25, 0.3) is 0 Å². The number of nitrogens with zero attached hydrogens (tertiary/aromatic N) is 4. The summed E-state index contributed by atoms with van der Waals surface area (Å²) in [5, 5.41) is 1.10. The standard InChI is InChI=1S/C25H32N4/c1-23(2,3)15-10-11-16-17(12-15)27-22(25(7,8)9)21-20(16)28-19-13-18(24(4,5)6)26-14-29(19)21/h10-14H,1-9H3. The van der Waals surface area contributed by atoms with Crippen molar-refractivity contribution in [3.8, 4) is 0 Å². The number of hydrogen-bond acceptors (Lipinski definition) is 3. The summed E-state index contributed by atoms with van der Waals surface area (Å²) in [6, 6.07) is 8.74. The molecule has 0 unspecified atom stereocenters. The lowest BCUT2D eigenvalue weighted by Gasteiger charge is -2.22. The molecule has 152 valence electrons. The lowest BCUT2D eigenvalue weighted by molar-refractivity contribution is 0.566. The van der Waals surface area contributed by atoms with Crippen LogP contribution < -0.4 is 0 Å². The van der Waals surface area contributed by atoms with Crippen LogP contribution in [0.2, 0.25) is 0 Å². The van der Waals surface area contributed by atoms with Gasteiger partial charge in [0.15, 0.2) is 0 Å². The van der Waals surface area contributed by atoms with Crippen molar-refractivity contribution < 1.29 is 0 Å². The van der Waals surface area contributed by atoms with E-state index in [1.165, 1.54) is 5.56 Å². The number of aromatic nitrogens is 4. The lowest BCUT2D eigenvalue weighted by Crippen LogP contribution is -2.16. The number of pyridine rings is 1. The smallest absolute Gasteiger partial charge is 0.141 e. The van der Waals surface area contributed by atoms with E-state index in [-0.39, 0.29) is 16.2 Å². The zero-order chi connectivity index (χ0) is 21.4. The van der Waals surface area contributed by atoms with Crippen LogP contribution in [0, 0.1) is 0 Å². The minimum Gasteiger partial charge on any atom is -0.281 e. The maximum atomic E-state index is 5.15. The van der Waals surface area contributed by atoms with Crippen molar-refractivity contribution >= 4 is 27.6 Å². The highest BCUT2D eigenvalue weighted by molar-refractivity contribution is 6.05. The Bertz CT molecular complexity index is 1240. The molecule has 0 amide bonds. The predicted octanol–water partition coefficient (Wildman–Crippen LogP) is 6.32. The third-order valence-corrected chi connectivity index (χ3v) is 5.57. The van der Waals surface area contributed by atoms with E-state index < -0.39 is 0 Å². The number of hydrogen-bond donors (Lipinski definition) is 0. The lowest BCUT2D eigenvalue weighted by atomic mass is 9.86. The van der Waals surface area contributed by atoms with Crippen LogP contribution in [0.15, 0.2) is 30.6 Å². The molecule has 0 saturated heterocycles. The zero-order valence-electron chi connectivity index (χ0n) is 19.2. The van der Waals surface area contributed by atoms with Crippen molar-refractivity contribution in [1.82, 2.24) is 19.4 Å². The molecule has 4 aromatic rings. The average molecular weight is 389 g/mol. The summed E-state index contributed by atoms with van der Waals surface area (Å²) in [6.45, 7) is 19.9. The minimum atomic E-state index is -0.108. The second-order valence-corrected chi connectivity index (χ2v) is 11.3. The summed E-state index contributed by atoms with van der Waals surface area (Å²) in [7, 11) is 0. The van der Waals surface area contributed by atoms with Crippen LogP contribution >= 0.6 is 0 Å². The molecule has 0 N–H and O–H groups in total. The summed E-state index contributed by atoms with van der Waals surface area (Å²) in [5.74, 6) is 0. The number of imidazole rings is 1. The third-order valence-electron chi connectivity index (χ3n) is 5.57. The van der Waals surface area contributed by atoms with Gasteiger partial charge in [0.2, 0.25) is 0 Å². The first kappa shape index (κ1) is 19.8. The molecule has 0 saturated carbocycles. The molecule has 4 heteroatoms. The van der Waals surface area contributed by atoms with E-state index in [1.54, 1.807) is 0 Å². The van der Waals surface area contributed by atoms with E-state index in [1.807, 2.05) is 6.33 Å². The molecule has 0 aliphatic rings. The maximum absolute atomic E-state index is 5.15. The maximum Gasteiger partial charge on any atom is 0.141 e. The van der Waals surface area contributed by atoms with Crippen molar-refractivity contribution in [2.24, 2.45) is 0 Å². The highest BCUT2D eigenvalue weighted by atomic mass is 15.1. The van der Waals surface area contributed by atoms with Crippen LogP contribution in [-0.4, -0.2) is 19.4 Å². The second kappa shape index (κ2) is 6.01. The first-order valence-electron chi connectivity index (χ1n) is 10.4. The van der Waals surface area contributed by atoms with Crippen LogP contribution in [0.25, 0.3) is 27.6 Å². The summed E-state index contributed by atoms with van der Waals surface area (Å²) < 4.78 is 2.11. The molecule has 0 aliphatic carbocycles. The van der Waals surface area contributed by atoms with Crippen molar-refractivity contribution in [3.63, 3.8) is 0 Å². The van der Waals surface area contributed by atoms with E-state index >= 15 is 0 Å². The molecule has 0 fully saturated rings. The van der Waals surface area contributed by atoms with Gasteiger partial charge >= 0.3 is 0 Å². The molecule has 0 radical (unpaired) electrons. The van der Waals surface area contributed by atoms with Gasteiger partial charge in [-0.05, 0) is 17.0 Å². The van der Waals surface area contributed by atoms with E-state index in [4.69, 9.17) is 15.0 Å². The van der Waals surface area contributed by atoms with Crippen molar-refractivity contribution in [2.75, 3.05) is 0 Å². The molecule has 3 aromatic heterocycles. The van der Waals surface area contributed by atoms with Gasteiger partial charge in [-0.25, -0.2) is 15.0 Å². The molecule has 3 heterocycles. The van der Waals surface area contributed by atoms with Crippen LogP contribution in [0.1, 0.15) is 79.3 Å². The Labute approximate surface area is 173 Å². The van der Waals surface area contributed by atoms with Gasteiger partial charge < -0.3 is 0 Å². The topological polar surface area (TPSA) is 43.1 Å². The molecule has 29 heavy (non-hydrogen) atoms. The molecule has 4 rings (SSSR count). The first-order valence-corrected chi connectivity index (χ1v) is 10.4. The van der Waals surface area contributed by atoms with Gasteiger partial charge in [-0.15, -0.1) is 0 Å².